The predicted octanol–water partition coefficient (Wildman–Crippen LogP) is 1.82. The Kier molecular flexibility index (Phi) is 7.31. The summed E-state index contributed by atoms with van der Waals surface area (Å²) in [6.07, 6.45) is 6.97. The molecule has 0 aliphatic heterocycles. The maximum atomic E-state index is 12.3. The third kappa shape index (κ3) is 5.87. The topological polar surface area (TPSA) is 58.4 Å². The van der Waals surface area contributed by atoms with Gasteiger partial charge in [0, 0.05) is 12.6 Å². The van der Waals surface area contributed by atoms with Crippen LogP contribution in [0.1, 0.15) is 52.4 Å². The molecule has 0 saturated heterocycles. The molecule has 3 N–H and O–H groups in total. The van der Waals surface area contributed by atoms with E-state index in [1.807, 2.05) is 6.92 Å². The first-order chi connectivity index (χ1) is 9.04. The molecule has 0 bridgehead atoms. The van der Waals surface area contributed by atoms with Crippen LogP contribution in [0, 0.1) is 0 Å². The summed E-state index contributed by atoms with van der Waals surface area (Å²) in [6.45, 7) is 5.39. The fourth-order valence-corrected chi connectivity index (χ4v) is 2.80. The minimum atomic E-state index is -0.164. The summed E-state index contributed by atoms with van der Waals surface area (Å²) >= 11 is 4.96. The van der Waals surface area contributed by atoms with E-state index in [0.717, 1.165) is 25.8 Å². The predicted molar refractivity (Wildman–Crippen MR) is 83.1 cm³/mol. The highest BCUT2D eigenvalue weighted by molar-refractivity contribution is 7.80. The number of amides is 1. The average Bonchev–Trinajstić information content (AvgIpc) is 2.38. The minimum Gasteiger partial charge on any atom is -0.392 e. The Morgan fingerprint density at radius 2 is 2.05 bits per heavy atom. The van der Waals surface area contributed by atoms with Crippen LogP contribution in [0.4, 0.5) is 0 Å². The van der Waals surface area contributed by atoms with Crippen LogP contribution in [0.15, 0.2) is 0 Å². The number of rotatable bonds is 7. The molecule has 4 nitrogen and oxygen atoms in total. The summed E-state index contributed by atoms with van der Waals surface area (Å²) in [6, 6.07) is 0.195. The highest BCUT2D eigenvalue weighted by Gasteiger charge is 2.24. The smallest absolute Gasteiger partial charge is 0.237 e. The molecule has 0 spiro atoms. The molecular formula is C14H27N3OS. The van der Waals surface area contributed by atoms with Gasteiger partial charge in [0.2, 0.25) is 5.91 Å². The zero-order valence-electron chi connectivity index (χ0n) is 12.2. The van der Waals surface area contributed by atoms with Gasteiger partial charge in [-0.15, -0.1) is 0 Å². The Balaban J connectivity index is 2.48. The van der Waals surface area contributed by atoms with Crippen LogP contribution in [0.5, 0.6) is 0 Å². The van der Waals surface area contributed by atoms with Crippen LogP contribution in [0.2, 0.25) is 0 Å². The average molecular weight is 285 g/mol. The molecule has 0 aromatic carbocycles. The lowest BCUT2D eigenvalue weighted by Crippen LogP contribution is -2.50. The number of carbonyl (C=O) groups excluding carboxylic acids is 1. The van der Waals surface area contributed by atoms with Crippen LogP contribution in [-0.2, 0) is 4.79 Å². The summed E-state index contributed by atoms with van der Waals surface area (Å²) in [7, 11) is 0. The van der Waals surface area contributed by atoms with Gasteiger partial charge in [-0.1, -0.05) is 38.4 Å². The van der Waals surface area contributed by atoms with E-state index in [-0.39, 0.29) is 11.9 Å². The van der Waals surface area contributed by atoms with Crippen molar-refractivity contribution in [3.8, 4) is 0 Å². The number of nitrogens with zero attached hydrogens (tertiary/aromatic N) is 1. The second-order valence-corrected chi connectivity index (χ2v) is 5.98. The standard InChI is InChI=1S/C14H27N3OS/c1-3-9-17(10-13(15)19)11(2)14(18)16-12-7-5-4-6-8-12/h11-12H,3-10H2,1-2H3,(H2,15,19)(H,16,18). The van der Waals surface area contributed by atoms with E-state index < -0.39 is 0 Å². The van der Waals surface area contributed by atoms with Crippen molar-refractivity contribution in [3.63, 3.8) is 0 Å². The quantitative estimate of drug-likeness (QED) is 0.701. The summed E-state index contributed by atoms with van der Waals surface area (Å²) in [5.41, 5.74) is 5.60. The van der Waals surface area contributed by atoms with E-state index in [9.17, 15) is 4.79 Å². The summed E-state index contributed by atoms with van der Waals surface area (Å²) < 4.78 is 0. The van der Waals surface area contributed by atoms with E-state index in [0.29, 0.717) is 17.6 Å². The van der Waals surface area contributed by atoms with Crippen molar-refractivity contribution in [2.24, 2.45) is 5.73 Å². The first-order valence-corrected chi connectivity index (χ1v) is 7.78. The van der Waals surface area contributed by atoms with E-state index in [4.69, 9.17) is 18.0 Å². The molecule has 1 aliphatic rings. The van der Waals surface area contributed by atoms with Crippen molar-refractivity contribution >= 4 is 23.1 Å². The molecule has 110 valence electrons. The highest BCUT2D eigenvalue weighted by Crippen LogP contribution is 2.17. The molecule has 1 amide bonds. The van der Waals surface area contributed by atoms with Crippen molar-refractivity contribution in [2.75, 3.05) is 13.1 Å². The van der Waals surface area contributed by atoms with Crippen molar-refractivity contribution in [2.45, 2.75) is 64.5 Å². The van der Waals surface area contributed by atoms with E-state index >= 15 is 0 Å². The highest BCUT2D eigenvalue weighted by atomic mass is 32.1. The number of nitrogens with one attached hydrogen (secondary N) is 1. The third-order valence-corrected chi connectivity index (χ3v) is 3.88. The normalized spacial score (nSPS) is 18.3. The Hall–Kier alpha value is -0.680. The molecule has 0 aromatic rings. The van der Waals surface area contributed by atoms with Gasteiger partial charge in [0.15, 0.2) is 0 Å². The summed E-state index contributed by atoms with van der Waals surface area (Å²) in [5, 5.41) is 3.17. The Morgan fingerprint density at radius 3 is 2.58 bits per heavy atom. The molecule has 1 unspecified atom stereocenters. The first kappa shape index (κ1) is 16.4. The van der Waals surface area contributed by atoms with Gasteiger partial charge >= 0.3 is 0 Å². The van der Waals surface area contributed by atoms with Gasteiger partial charge in [0.25, 0.3) is 0 Å². The monoisotopic (exact) mass is 285 g/mol. The van der Waals surface area contributed by atoms with Gasteiger partial charge in [-0.05, 0) is 32.7 Å². The second-order valence-electron chi connectivity index (χ2n) is 5.46. The number of hydrogen-bond donors (Lipinski definition) is 2. The fraction of sp³-hybridized carbons (Fsp3) is 0.857. The molecule has 5 heteroatoms. The molecule has 1 fully saturated rings. The van der Waals surface area contributed by atoms with Crippen LogP contribution in [0.25, 0.3) is 0 Å². The number of nitrogens with two attached hydrogens (primary N) is 1. The second kappa shape index (κ2) is 8.48. The lowest BCUT2D eigenvalue weighted by Gasteiger charge is -2.30. The first-order valence-electron chi connectivity index (χ1n) is 7.37. The fourth-order valence-electron chi connectivity index (χ4n) is 2.63. The maximum Gasteiger partial charge on any atom is 0.237 e. The van der Waals surface area contributed by atoms with Crippen molar-refractivity contribution in [1.29, 1.82) is 0 Å². The third-order valence-electron chi connectivity index (χ3n) is 3.75. The van der Waals surface area contributed by atoms with Gasteiger partial charge in [0.05, 0.1) is 11.0 Å². The van der Waals surface area contributed by atoms with Crippen LogP contribution >= 0.6 is 12.2 Å². The Bertz CT molecular complexity index is 303. The van der Waals surface area contributed by atoms with Crippen LogP contribution in [-0.4, -0.2) is 41.0 Å². The van der Waals surface area contributed by atoms with E-state index in [1.165, 1.54) is 19.3 Å². The molecule has 1 saturated carbocycles. The van der Waals surface area contributed by atoms with Gasteiger partial charge in [-0.25, -0.2) is 0 Å². The lowest BCUT2D eigenvalue weighted by atomic mass is 9.95. The number of thiocarbonyl (C=S) groups is 1. The maximum absolute atomic E-state index is 12.3. The molecule has 0 aromatic heterocycles. The zero-order chi connectivity index (χ0) is 14.3. The minimum absolute atomic E-state index is 0.108. The van der Waals surface area contributed by atoms with Crippen molar-refractivity contribution < 1.29 is 4.79 Å². The SMILES string of the molecule is CCCN(CC(N)=S)C(C)C(=O)NC1CCCCC1. The van der Waals surface area contributed by atoms with Gasteiger partial charge in [-0.2, -0.15) is 0 Å². The molecule has 1 atom stereocenters. The van der Waals surface area contributed by atoms with Gasteiger partial charge in [-0.3, -0.25) is 9.69 Å². The molecule has 1 aliphatic carbocycles. The zero-order valence-corrected chi connectivity index (χ0v) is 13.0. The van der Waals surface area contributed by atoms with Crippen molar-refractivity contribution in [3.05, 3.63) is 0 Å². The van der Waals surface area contributed by atoms with Crippen molar-refractivity contribution in [1.82, 2.24) is 10.2 Å². The Morgan fingerprint density at radius 1 is 1.42 bits per heavy atom. The molecule has 0 radical (unpaired) electrons. The lowest BCUT2D eigenvalue weighted by molar-refractivity contribution is -0.126. The van der Waals surface area contributed by atoms with E-state index in [1.54, 1.807) is 0 Å². The molecule has 1 rings (SSSR count). The van der Waals surface area contributed by atoms with E-state index in [2.05, 4.69) is 17.1 Å². The molecule has 19 heavy (non-hydrogen) atoms. The van der Waals surface area contributed by atoms with Gasteiger partial charge < -0.3 is 11.1 Å². The molecule has 0 heterocycles. The largest absolute Gasteiger partial charge is 0.392 e. The van der Waals surface area contributed by atoms with Gasteiger partial charge in [0.1, 0.15) is 0 Å². The van der Waals surface area contributed by atoms with Crippen LogP contribution < -0.4 is 11.1 Å². The number of hydrogen-bond acceptors (Lipinski definition) is 3. The van der Waals surface area contributed by atoms with Crippen LogP contribution in [0.3, 0.4) is 0 Å². The molecular weight excluding hydrogens is 258 g/mol. The number of carbonyl (C=O) groups is 1. The summed E-state index contributed by atoms with van der Waals surface area (Å²) in [5.74, 6) is 0.108. The Labute approximate surface area is 122 Å². The summed E-state index contributed by atoms with van der Waals surface area (Å²) in [4.78, 5) is 14.8.